The van der Waals surface area contributed by atoms with Gasteiger partial charge in [-0.25, -0.2) is 9.37 Å². The lowest BCUT2D eigenvalue weighted by Crippen LogP contribution is -2.58. The van der Waals surface area contributed by atoms with Gasteiger partial charge in [-0.15, -0.1) is 11.3 Å². The Labute approximate surface area is 431 Å². The fourth-order valence-electron chi connectivity index (χ4n) is 8.59. The van der Waals surface area contributed by atoms with E-state index >= 15 is 4.39 Å². The number of amides is 4. The number of anilines is 2. The van der Waals surface area contributed by atoms with Crippen LogP contribution in [-0.2, 0) is 34.8 Å². The number of unbranched alkanes of at least 4 members (excludes halogenated alkanes) is 2. The van der Waals surface area contributed by atoms with Gasteiger partial charge in [0.2, 0.25) is 17.7 Å². The molecule has 4 atom stereocenters. The number of carbonyl (C=O) groups excluding carboxylic acids is 4. The molecule has 2 aliphatic heterocycles. The topological polar surface area (TPSA) is 187 Å². The normalized spacial score (nSPS) is 17.7. The van der Waals surface area contributed by atoms with E-state index in [-0.39, 0.29) is 61.1 Å². The predicted molar refractivity (Wildman–Crippen MR) is 271 cm³/mol. The molecule has 392 valence electrons. The Balaban J connectivity index is 0.871. The first kappa shape index (κ1) is 56.2. The van der Waals surface area contributed by atoms with Crippen molar-refractivity contribution in [3.63, 3.8) is 0 Å². The van der Waals surface area contributed by atoms with Gasteiger partial charge in [-0.05, 0) is 112 Å². The van der Waals surface area contributed by atoms with Crippen molar-refractivity contribution in [1.82, 2.24) is 20.5 Å². The lowest BCUT2D eigenvalue weighted by atomic mass is 9.85. The highest BCUT2D eigenvalue weighted by Gasteiger charge is 2.51. The van der Waals surface area contributed by atoms with Gasteiger partial charge in [0.15, 0.2) is 16.7 Å². The summed E-state index contributed by atoms with van der Waals surface area (Å²) < 4.78 is 73.4. The maximum absolute atomic E-state index is 15.3. The smallest absolute Gasteiger partial charge is 0.417 e. The van der Waals surface area contributed by atoms with Crippen LogP contribution in [0.4, 0.5) is 28.9 Å². The zero-order valence-corrected chi connectivity index (χ0v) is 43.4. The number of halogens is 4. The number of carbonyl (C=O) groups is 4. The van der Waals surface area contributed by atoms with E-state index in [9.17, 15) is 42.7 Å². The molecule has 15 nitrogen and oxygen atoms in total. The number of hydrogen-bond acceptors (Lipinski definition) is 12. The van der Waals surface area contributed by atoms with Gasteiger partial charge in [0.05, 0.1) is 57.7 Å². The fourth-order valence-corrected chi connectivity index (χ4v) is 9.92. The van der Waals surface area contributed by atoms with Gasteiger partial charge in [0.1, 0.15) is 24.2 Å². The number of ether oxygens (including phenoxy) is 3. The molecule has 3 N–H and O–H groups in total. The van der Waals surface area contributed by atoms with Crippen LogP contribution in [-0.4, -0.2) is 107 Å². The number of likely N-dealkylation sites (tertiary alicyclic amines) is 1. The Morgan fingerprint density at radius 1 is 0.959 bits per heavy atom. The molecule has 0 radical (unpaired) electrons. The van der Waals surface area contributed by atoms with Crippen molar-refractivity contribution in [3.05, 3.63) is 94.4 Å². The largest absolute Gasteiger partial charge is 0.491 e. The summed E-state index contributed by atoms with van der Waals surface area (Å²) >= 11 is 7.10. The van der Waals surface area contributed by atoms with Crippen LogP contribution in [0.3, 0.4) is 0 Å². The lowest BCUT2D eigenvalue weighted by Gasteiger charge is -2.35. The predicted octanol–water partition coefficient (Wildman–Crippen LogP) is 8.41. The van der Waals surface area contributed by atoms with E-state index in [1.165, 1.54) is 47.9 Å². The molecule has 1 aromatic heterocycles. The molecule has 21 heteroatoms. The number of thiocarbonyl (C=S) groups is 1. The molecule has 2 saturated heterocycles. The highest BCUT2D eigenvalue weighted by atomic mass is 32.1. The van der Waals surface area contributed by atoms with Crippen LogP contribution in [0.1, 0.15) is 102 Å². The number of hydrogen-bond donors (Lipinski definition) is 3. The Kier molecular flexibility index (Phi) is 18.4. The molecule has 2 fully saturated rings. The standard InChI is InChI=1S/C52H61F4N7O8S2/c1-31(33-12-14-34(15-13-33)44-32(2)58-30-73-44)59-46(66)41-26-38(64)28-61(41)47(67)45(50(3,4)5)60-43(65)29-70-22-9-8-20-69-21-10-11-23-71-42-19-18-37(25-40(42)53)63-49(72)62(48(68)51(63,6)7)36-17-16-35(27-57)39(24-36)52(54,55)56/h12-19,24-25,30-31,38,41,45,64H,8-11,20-23,26,28-29H2,1-7H3,(H,59,66)(H,60,65)/t31-,38+,41-,45+/m0/s1. The van der Waals surface area contributed by atoms with Crippen molar-refractivity contribution >= 4 is 63.7 Å². The summed E-state index contributed by atoms with van der Waals surface area (Å²) in [6.07, 6.45) is -3.28. The molecule has 3 heterocycles. The summed E-state index contributed by atoms with van der Waals surface area (Å²) in [5.41, 5.74) is 0.713. The first-order valence-electron chi connectivity index (χ1n) is 23.9. The third-order valence-corrected chi connectivity index (χ3v) is 13.9. The second-order valence-corrected chi connectivity index (χ2v) is 20.8. The highest BCUT2D eigenvalue weighted by Crippen LogP contribution is 2.41. The van der Waals surface area contributed by atoms with Gasteiger partial charge in [0, 0.05) is 44.5 Å². The van der Waals surface area contributed by atoms with Gasteiger partial charge in [-0.3, -0.25) is 24.1 Å². The summed E-state index contributed by atoms with van der Waals surface area (Å²) in [4.78, 5) is 63.3. The number of nitrogens with zero attached hydrogens (tertiary/aromatic N) is 5. The molecule has 0 unspecified atom stereocenters. The number of nitriles is 1. The van der Waals surface area contributed by atoms with Crippen molar-refractivity contribution in [1.29, 1.82) is 5.26 Å². The molecule has 2 aliphatic rings. The number of aryl methyl sites for hydroxylation is 1. The van der Waals surface area contributed by atoms with E-state index in [2.05, 4.69) is 15.6 Å². The molecule has 0 saturated carbocycles. The average molecular weight is 1050 g/mol. The van der Waals surface area contributed by atoms with E-state index in [1.54, 1.807) is 16.8 Å². The highest BCUT2D eigenvalue weighted by molar-refractivity contribution is 7.81. The molecular formula is C52H61F4N7O8S2. The Bertz CT molecular complexity index is 2690. The van der Waals surface area contributed by atoms with Crippen molar-refractivity contribution in [3.8, 4) is 22.3 Å². The molecule has 4 aromatic rings. The Hall–Kier alpha value is -6.05. The van der Waals surface area contributed by atoms with E-state index in [0.717, 1.165) is 38.7 Å². The van der Waals surface area contributed by atoms with Crippen LogP contribution in [0, 0.1) is 29.5 Å². The number of β-amino-alcohol motifs (C(OH)–C–C–N with tert-alkyl or cyclic N) is 1. The van der Waals surface area contributed by atoms with Crippen LogP contribution in [0.2, 0.25) is 0 Å². The quantitative estimate of drug-likeness (QED) is 0.0412. The monoisotopic (exact) mass is 1050 g/mol. The van der Waals surface area contributed by atoms with E-state index < -0.39 is 75.9 Å². The van der Waals surface area contributed by atoms with Crippen molar-refractivity contribution in [2.24, 2.45) is 5.41 Å². The maximum atomic E-state index is 15.3. The van der Waals surface area contributed by atoms with Gasteiger partial charge < -0.3 is 39.8 Å². The van der Waals surface area contributed by atoms with Crippen LogP contribution in [0.5, 0.6) is 5.75 Å². The number of alkyl halides is 3. The summed E-state index contributed by atoms with van der Waals surface area (Å²) in [6, 6.07) is 14.0. The maximum Gasteiger partial charge on any atom is 0.417 e. The van der Waals surface area contributed by atoms with Crippen molar-refractivity contribution in [2.45, 2.75) is 117 Å². The Morgan fingerprint density at radius 2 is 1.60 bits per heavy atom. The van der Waals surface area contributed by atoms with E-state index in [4.69, 9.17) is 26.4 Å². The molecule has 0 bridgehead atoms. The van der Waals surface area contributed by atoms with Crippen LogP contribution < -0.4 is 25.2 Å². The molecule has 6 rings (SSSR count). The number of aliphatic hydroxyl groups is 1. The number of aromatic nitrogens is 1. The SMILES string of the molecule is Cc1ncsc1-c1ccc([C@H](C)NC(=O)[C@@H]2C[C@@H](O)CN2C(=O)[C@@H](NC(=O)COCCCCOCCCCOc2ccc(N3C(=S)N(c4ccc(C#N)c(C(F)(F)F)c4)C(=O)C3(C)C)cc2F)C(C)(C)C)cc1. The lowest BCUT2D eigenvalue weighted by molar-refractivity contribution is -0.144. The van der Waals surface area contributed by atoms with Gasteiger partial charge in [-0.1, -0.05) is 45.0 Å². The zero-order chi connectivity index (χ0) is 53.4. The number of aliphatic hydroxyl groups excluding tert-OH is 1. The van der Waals surface area contributed by atoms with E-state index in [1.807, 2.05) is 58.9 Å². The summed E-state index contributed by atoms with van der Waals surface area (Å²) in [7, 11) is 0. The minimum absolute atomic E-state index is 0.0430. The minimum Gasteiger partial charge on any atom is -0.491 e. The molecule has 0 spiro atoms. The second-order valence-electron chi connectivity index (χ2n) is 19.6. The number of benzene rings is 3. The molecular weight excluding hydrogens is 991 g/mol. The Morgan fingerprint density at radius 3 is 2.21 bits per heavy atom. The number of nitrogens with one attached hydrogen (secondary N) is 2. The average Bonchev–Trinajstić information content (AvgIpc) is 4.00. The first-order valence-corrected chi connectivity index (χ1v) is 25.2. The fraction of sp³-hybridized carbons (Fsp3) is 0.481. The van der Waals surface area contributed by atoms with Gasteiger partial charge in [-0.2, -0.15) is 18.4 Å². The summed E-state index contributed by atoms with van der Waals surface area (Å²) in [5, 5.41) is 25.4. The van der Waals surface area contributed by atoms with Crippen molar-refractivity contribution < 1.29 is 56.1 Å². The molecule has 0 aliphatic carbocycles. The summed E-state index contributed by atoms with van der Waals surface area (Å²) in [6.45, 7) is 13.2. The van der Waals surface area contributed by atoms with Crippen LogP contribution >= 0.6 is 23.6 Å². The van der Waals surface area contributed by atoms with E-state index in [0.29, 0.717) is 45.0 Å². The molecule has 3 aromatic carbocycles. The summed E-state index contributed by atoms with van der Waals surface area (Å²) in [5.74, 6) is -2.78. The molecule has 4 amide bonds. The van der Waals surface area contributed by atoms with Gasteiger partial charge in [0.25, 0.3) is 5.91 Å². The van der Waals surface area contributed by atoms with Gasteiger partial charge >= 0.3 is 6.18 Å². The minimum atomic E-state index is -4.85. The second kappa shape index (κ2) is 23.9. The zero-order valence-electron chi connectivity index (χ0n) is 41.8. The third kappa shape index (κ3) is 13.6. The van der Waals surface area contributed by atoms with Crippen molar-refractivity contribution in [2.75, 3.05) is 49.4 Å². The van der Waals surface area contributed by atoms with Crippen LogP contribution in [0.15, 0.2) is 66.2 Å². The van der Waals surface area contributed by atoms with Crippen LogP contribution in [0.25, 0.3) is 10.4 Å². The first-order chi connectivity index (χ1) is 34.4. The molecule has 73 heavy (non-hydrogen) atoms. The number of rotatable bonds is 21. The third-order valence-electron chi connectivity index (χ3n) is 12.6. The number of thiazole rings is 1.